The number of ether oxygens (including phenoxy) is 2. The molecule has 0 saturated carbocycles. The molecule has 1 aromatic carbocycles. The largest absolute Gasteiger partial charge is 0.385 e. The molecule has 1 saturated heterocycles. The molecule has 2 rings (SSSR count). The summed E-state index contributed by atoms with van der Waals surface area (Å²) < 4.78 is 10.9. The summed E-state index contributed by atoms with van der Waals surface area (Å²) in [5.74, 6) is 5.54. The topological polar surface area (TPSA) is 76.8 Å². The lowest BCUT2D eigenvalue weighted by Crippen LogP contribution is -2.35. The highest BCUT2D eigenvalue weighted by Gasteiger charge is 2.19. The molecular weight excluding hydrogens is 318 g/mol. The summed E-state index contributed by atoms with van der Waals surface area (Å²) in [4.78, 5) is 13.8. The third-order valence-electron chi connectivity index (χ3n) is 4.73. The van der Waals surface area contributed by atoms with Crippen molar-refractivity contribution in [2.75, 3.05) is 44.9 Å². The molecule has 0 radical (unpaired) electrons. The lowest BCUT2D eigenvalue weighted by atomic mass is 9.97. The van der Waals surface area contributed by atoms with Gasteiger partial charge < -0.3 is 14.4 Å². The number of anilines is 1. The number of carbonyl (C=O) groups is 1. The van der Waals surface area contributed by atoms with Gasteiger partial charge >= 0.3 is 0 Å². The molecule has 0 spiro atoms. The van der Waals surface area contributed by atoms with Crippen LogP contribution in [0.4, 0.5) is 5.69 Å². The van der Waals surface area contributed by atoms with Gasteiger partial charge in [0.05, 0.1) is 0 Å². The van der Waals surface area contributed by atoms with Gasteiger partial charge in [-0.05, 0) is 62.3 Å². The van der Waals surface area contributed by atoms with E-state index in [1.54, 1.807) is 7.11 Å². The monoisotopic (exact) mass is 349 g/mol. The van der Waals surface area contributed by atoms with E-state index < -0.39 is 0 Å². The lowest BCUT2D eigenvalue weighted by Gasteiger charge is -2.33. The van der Waals surface area contributed by atoms with Crippen molar-refractivity contribution < 1.29 is 14.3 Å². The number of nitrogens with one attached hydrogen (secondary N) is 1. The first-order valence-corrected chi connectivity index (χ1v) is 9.17. The minimum absolute atomic E-state index is 0.260. The van der Waals surface area contributed by atoms with Gasteiger partial charge in [0, 0.05) is 51.3 Å². The number of hydrazine groups is 1. The predicted octanol–water partition coefficient (Wildman–Crippen LogP) is 2.34. The number of unbranched alkanes of at least 4 members (excludes halogenated alkanes) is 2. The fourth-order valence-electron chi connectivity index (χ4n) is 3.14. The number of piperidine rings is 1. The Balaban J connectivity index is 1.63. The maximum atomic E-state index is 11.5. The molecule has 0 unspecified atom stereocenters. The third kappa shape index (κ3) is 6.65. The van der Waals surface area contributed by atoms with Crippen molar-refractivity contribution in [3.8, 4) is 0 Å². The van der Waals surface area contributed by atoms with Crippen LogP contribution in [0.1, 0.15) is 42.5 Å². The Bertz CT molecular complexity index is 499. The van der Waals surface area contributed by atoms with Gasteiger partial charge in [-0.25, -0.2) is 5.84 Å². The van der Waals surface area contributed by atoms with Crippen LogP contribution in [0.2, 0.25) is 0 Å². The van der Waals surface area contributed by atoms with E-state index in [-0.39, 0.29) is 5.91 Å². The quantitative estimate of drug-likeness (QED) is 0.293. The molecular formula is C19H31N3O3. The Morgan fingerprint density at radius 1 is 1.16 bits per heavy atom. The van der Waals surface area contributed by atoms with Crippen molar-refractivity contribution in [3.63, 3.8) is 0 Å². The molecule has 1 aliphatic heterocycles. The highest BCUT2D eigenvalue weighted by molar-refractivity contribution is 5.94. The summed E-state index contributed by atoms with van der Waals surface area (Å²) >= 11 is 0. The summed E-state index contributed by atoms with van der Waals surface area (Å²) in [5.41, 5.74) is 3.89. The molecule has 6 nitrogen and oxygen atoms in total. The molecule has 1 fully saturated rings. The van der Waals surface area contributed by atoms with Crippen molar-refractivity contribution in [3.05, 3.63) is 29.8 Å². The van der Waals surface area contributed by atoms with Crippen LogP contribution in [0.3, 0.4) is 0 Å². The first-order valence-electron chi connectivity index (χ1n) is 9.17. The Morgan fingerprint density at radius 3 is 2.48 bits per heavy atom. The smallest absolute Gasteiger partial charge is 0.265 e. The van der Waals surface area contributed by atoms with Crippen LogP contribution in [0.25, 0.3) is 0 Å². The lowest BCUT2D eigenvalue weighted by molar-refractivity contribution is 0.0858. The molecule has 0 bridgehead atoms. The number of benzene rings is 1. The second-order valence-corrected chi connectivity index (χ2v) is 6.58. The molecule has 6 heteroatoms. The zero-order chi connectivity index (χ0) is 17.9. The number of carbonyl (C=O) groups excluding carboxylic acids is 1. The molecule has 1 amide bonds. The predicted molar refractivity (Wildman–Crippen MR) is 99.6 cm³/mol. The van der Waals surface area contributed by atoms with E-state index in [1.807, 2.05) is 24.3 Å². The SMILES string of the molecule is COCCCCCOCC1CCN(c2ccc(C(=O)NN)cc2)CC1. The summed E-state index contributed by atoms with van der Waals surface area (Å²) in [6, 6.07) is 7.61. The van der Waals surface area contributed by atoms with Crippen molar-refractivity contribution in [2.45, 2.75) is 32.1 Å². The van der Waals surface area contributed by atoms with Crippen LogP contribution < -0.4 is 16.2 Å². The van der Waals surface area contributed by atoms with Crippen molar-refractivity contribution >= 4 is 11.6 Å². The number of hydrogen-bond donors (Lipinski definition) is 2. The van der Waals surface area contributed by atoms with Crippen LogP contribution in [-0.2, 0) is 9.47 Å². The molecule has 0 atom stereocenters. The number of methoxy groups -OCH3 is 1. The summed E-state index contributed by atoms with van der Waals surface area (Å²) in [6.07, 6.45) is 5.70. The molecule has 25 heavy (non-hydrogen) atoms. The average molecular weight is 349 g/mol. The maximum Gasteiger partial charge on any atom is 0.265 e. The Labute approximate surface area is 150 Å². The zero-order valence-electron chi connectivity index (χ0n) is 15.2. The van der Waals surface area contributed by atoms with Crippen molar-refractivity contribution in [1.29, 1.82) is 0 Å². The van der Waals surface area contributed by atoms with E-state index in [9.17, 15) is 4.79 Å². The molecule has 1 aliphatic rings. The van der Waals surface area contributed by atoms with Crippen LogP contribution in [-0.4, -0.2) is 45.9 Å². The molecule has 1 heterocycles. The highest BCUT2D eigenvalue weighted by Crippen LogP contribution is 2.24. The second-order valence-electron chi connectivity index (χ2n) is 6.58. The molecule has 3 N–H and O–H groups in total. The van der Waals surface area contributed by atoms with Gasteiger partial charge in [-0.3, -0.25) is 10.2 Å². The minimum atomic E-state index is -0.260. The standard InChI is InChI=1S/C19H31N3O3/c1-24-13-3-2-4-14-25-15-16-9-11-22(12-10-16)18-7-5-17(6-8-18)19(23)21-20/h5-8,16H,2-4,9-15,20H2,1H3,(H,21,23). The van der Waals surface area contributed by atoms with E-state index in [0.717, 1.165) is 64.3 Å². The maximum absolute atomic E-state index is 11.5. The number of nitrogens with two attached hydrogens (primary N) is 1. The Kier molecular flexibility index (Phi) is 8.72. The van der Waals surface area contributed by atoms with Crippen molar-refractivity contribution in [1.82, 2.24) is 5.43 Å². The number of nitrogens with zero attached hydrogens (tertiary/aromatic N) is 1. The van der Waals surface area contributed by atoms with Crippen LogP contribution in [0, 0.1) is 5.92 Å². The fourth-order valence-corrected chi connectivity index (χ4v) is 3.14. The van der Waals surface area contributed by atoms with Gasteiger partial charge in [0.2, 0.25) is 0 Å². The van der Waals surface area contributed by atoms with Gasteiger partial charge in [-0.1, -0.05) is 0 Å². The normalized spacial score (nSPS) is 15.4. The van der Waals surface area contributed by atoms with Gasteiger partial charge in [-0.2, -0.15) is 0 Å². The van der Waals surface area contributed by atoms with Crippen LogP contribution >= 0.6 is 0 Å². The summed E-state index contributed by atoms with van der Waals surface area (Å²) in [5, 5.41) is 0. The molecule has 0 aromatic heterocycles. The van der Waals surface area contributed by atoms with Gasteiger partial charge in [0.1, 0.15) is 0 Å². The second kappa shape index (κ2) is 11.1. The number of hydrogen-bond acceptors (Lipinski definition) is 5. The number of amides is 1. The van der Waals surface area contributed by atoms with E-state index in [0.29, 0.717) is 11.5 Å². The fraction of sp³-hybridized carbons (Fsp3) is 0.632. The third-order valence-corrected chi connectivity index (χ3v) is 4.73. The highest BCUT2D eigenvalue weighted by atomic mass is 16.5. The first-order chi connectivity index (χ1) is 12.2. The molecule has 140 valence electrons. The number of rotatable bonds is 10. The first kappa shape index (κ1) is 19.7. The summed E-state index contributed by atoms with van der Waals surface area (Å²) in [7, 11) is 1.74. The van der Waals surface area contributed by atoms with Gasteiger partial charge in [0.15, 0.2) is 0 Å². The minimum Gasteiger partial charge on any atom is -0.385 e. The van der Waals surface area contributed by atoms with Crippen molar-refractivity contribution in [2.24, 2.45) is 11.8 Å². The molecule has 0 aliphatic carbocycles. The van der Waals surface area contributed by atoms with Crippen LogP contribution in [0.15, 0.2) is 24.3 Å². The van der Waals surface area contributed by atoms with Crippen LogP contribution in [0.5, 0.6) is 0 Å². The Hall–Kier alpha value is -1.63. The van der Waals surface area contributed by atoms with Gasteiger partial charge in [0.25, 0.3) is 5.91 Å². The average Bonchev–Trinajstić information content (AvgIpc) is 2.67. The zero-order valence-corrected chi connectivity index (χ0v) is 15.2. The summed E-state index contributed by atoms with van der Waals surface area (Å²) in [6.45, 7) is 4.63. The number of nitrogen functional groups attached to an aromatic ring is 1. The molecule has 1 aromatic rings. The Morgan fingerprint density at radius 2 is 1.84 bits per heavy atom. The van der Waals surface area contributed by atoms with Gasteiger partial charge in [-0.15, -0.1) is 0 Å². The van der Waals surface area contributed by atoms with E-state index in [4.69, 9.17) is 15.3 Å². The van der Waals surface area contributed by atoms with E-state index in [1.165, 1.54) is 6.42 Å². The van der Waals surface area contributed by atoms with E-state index in [2.05, 4.69) is 10.3 Å². The van der Waals surface area contributed by atoms with E-state index >= 15 is 0 Å².